The van der Waals surface area contributed by atoms with E-state index in [2.05, 4.69) is 5.32 Å². The van der Waals surface area contributed by atoms with Crippen molar-refractivity contribution in [2.75, 3.05) is 0 Å². The number of carboxylic acid groups (broad SMARTS) is 1. The highest BCUT2D eigenvalue weighted by atomic mass is 16.4. The zero-order valence-corrected chi connectivity index (χ0v) is 15.8. The Morgan fingerprint density at radius 3 is 2.19 bits per heavy atom. The van der Waals surface area contributed by atoms with Crippen molar-refractivity contribution >= 4 is 17.8 Å². The van der Waals surface area contributed by atoms with E-state index in [0.717, 1.165) is 5.56 Å². The number of benzene rings is 1. The van der Waals surface area contributed by atoms with Gasteiger partial charge in [-0.25, -0.2) is 0 Å². The fraction of sp³-hybridized carbons (Fsp3) is 0.550. The van der Waals surface area contributed by atoms with Crippen molar-refractivity contribution in [3.63, 3.8) is 0 Å². The van der Waals surface area contributed by atoms with E-state index < -0.39 is 40.8 Å². The van der Waals surface area contributed by atoms with Gasteiger partial charge < -0.3 is 5.11 Å². The minimum Gasteiger partial charge on any atom is -0.480 e. The van der Waals surface area contributed by atoms with Gasteiger partial charge in [-0.1, -0.05) is 44.2 Å². The fourth-order valence-electron chi connectivity index (χ4n) is 4.52. The number of amides is 2. The average Bonchev–Trinajstić information content (AvgIpc) is 3.03. The Balaban J connectivity index is 2.20. The summed E-state index contributed by atoms with van der Waals surface area (Å²) in [6.45, 7) is 8.96. The lowest BCUT2D eigenvalue weighted by Crippen LogP contribution is -2.60. The van der Waals surface area contributed by atoms with Gasteiger partial charge in [0, 0.05) is 11.6 Å². The maximum atomic E-state index is 13.2. The van der Waals surface area contributed by atoms with Gasteiger partial charge in [0.2, 0.25) is 11.8 Å². The molecule has 0 aromatic heterocycles. The molecule has 6 heteroatoms. The van der Waals surface area contributed by atoms with Crippen LogP contribution < -0.4 is 5.32 Å². The van der Waals surface area contributed by atoms with Gasteiger partial charge in [0.05, 0.1) is 11.8 Å². The molecule has 2 heterocycles. The number of imide groups is 1. The third kappa shape index (κ3) is 2.39. The van der Waals surface area contributed by atoms with Crippen LogP contribution in [0.3, 0.4) is 0 Å². The molecule has 4 unspecified atom stereocenters. The molecule has 2 fully saturated rings. The molecule has 1 aromatic carbocycles. The molecule has 1 aromatic rings. The fourth-order valence-corrected chi connectivity index (χ4v) is 4.52. The molecule has 4 atom stereocenters. The lowest BCUT2D eigenvalue weighted by molar-refractivity contribution is -0.155. The average molecular weight is 358 g/mol. The van der Waals surface area contributed by atoms with Crippen LogP contribution in [0.4, 0.5) is 0 Å². The predicted octanol–water partition coefficient (Wildman–Crippen LogP) is 2.21. The zero-order valence-electron chi connectivity index (χ0n) is 15.8. The topological polar surface area (TPSA) is 86.7 Å². The summed E-state index contributed by atoms with van der Waals surface area (Å²) < 4.78 is 0. The van der Waals surface area contributed by atoms with E-state index in [0.29, 0.717) is 0 Å². The molecule has 0 spiro atoms. The van der Waals surface area contributed by atoms with Crippen LogP contribution in [0.15, 0.2) is 30.3 Å². The highest BCUT2D eigenvalue weighted by Gasteiger charge is 2.70. The van der Waals surface area contributed by atoms with Crippen molar-refractivity contribution < 1.29 is 19.5 Å². The molecule has 0 radical (unpaired) electrons. The molecule has 2 saturated heterocycles. The van der Waals surface area contributed by atoms with Crippen LogP contribution in [0.25, 0.3) is 0 Å². The van der Waals surface area contributed by atoms with Gasteiger partial charge in [-0.05, 0) is 32.3 Å². The minimum absolute atomic E-state index is 0.294. The van der Waals surface area contributed by atoms with Crippen molar-refractivity contribution in [2.24, 2.45) is 17.8 Å². The lowest BCUT2D eigenvalue weighted by Gasteiger charge is -2.37. The van der Waals surface area contributed by atoms with Crippen LogP contribution in [0.1, 0.15) is 46.2 Å². The number of nitrogens with zero attached hydrogens (tertiary/aromatic N) is 1. The van der Waals surface area contributed by atoms with E-state index in [-0.39, 0.29) is 11.8 Å². The number of carbonyl (C=O) groups excluding carboxylic acids is 2. The van der Waals surface area contributed by atoms with Crippen LogP contribution in [0.5, 0.6) is 0 Å². The molecule has 0 aliphatic carbocycles. The quantitative estimate of drug-likeness (QED) is 0.809. The number of aliphatic carboxylic acids is 1. The van der Waals surface area contributed by atoms with Gasteiger partial charge in [-0.3, -0.25) is 24.6 Å². The summed E-state index contributed by atoms with van der Waals surface area (Å²) in [5.41, 5.74) is -1.35. The summed E-state index contributed by atoms with van der Waals surface area (Å²) in [4.78, 5) is 40.1. The molecule has 0 saturated carbocycles. The molecule has 2 aliphatic rings. The van der Waals surface area contributed by atoms with E-state index >= 15 is 0 Å². The van der Waals surface area contributed by atoms with E-state index in [1.807, 2.05) is 30.3 Å². The number of hydrogen-bond acceptors (Lipinski definition) is 4. The van der Waals surface area contributed by atoms with E-state index in [1.54, 1.807) is 34.6 Å². The van der Waals surface area contributed by atoms with Crippen molar-refractivity contribution in [1.29, 1.82) is 0 Å². The number of carboxylic acids is 1. The largest absolute Gasteiger partial charge is 0.480 e. The Hall–Kier alpha value is -2.21. The SMILES string of the molecule is CC(C)C1(C(=O)O)NC(c2ccccc2)C2C(=O)N(C(C)(C)C)C(=O)C21. The highest BCUT2D eigenvalue weighted by Crippen LogP contribution is 2.52. The highest BCUT2D eigenvalue weighted by molar-refractivity contribution is 6.10. The number of fused-ring (bicyclic) bond motifs is 1. The number of likely N-dealkylation sites (tertiary alicyclic amines) is 1. The van der Waals surface area contributed by atoms with Gasteiger partial charge in [0.25, 0.3) is 0 Å². The van der Waals surface area contributed by atoms with Crippen LogP contribution in [0.2, 0.25) is 0 Å². The number of rotatable bonds is 3. The monoisotopic (exact) mass is 358 g/mol. The molecule has 2 aliphatic heterocycles. The molecular weight excluding hydrogens is 332 g/mol. The third-order valence-electron chi connectivity index (χ3n) is 5.69. The van der Waals surface area contributed by atoms with Gasteiger partial charge in [-0.2, -0.15) is 0 Å². The van der Waals surface area contributed by atoms with E-state index in [4.69, 9.17) is 0 Å². The Kier molecular flexibility index (Phi) is 4.22. The molecule has 2 amide bonds. The van der Waals surface area contributed by atoms with E-state index in [1.165, 1.54) is 4.90 Å². The van der Waals surface area contributed by atoms with Gasteiger partial charge >= 0.3 is 5.97 Å². The Morgan fingerprint density at radius 2 is 1.73 bits per heavy atom. The summed E-state index contributed by atoms with van der Waals surface area (Å²) in [6.07, 6.45) is 0. The first kappa shape index (κ1) is 18.6. The van der Waals surface area contributed by atoms with Crippen LogP contribution in [0, 0.1) is 17.8 Å². The van der Waals surface area contributed by atoms with Gasteiger partial charge in [-0.15, -0.1) is 0 Å². The summed E-state index contributed by atoms with van der Waals surface area (Å²) in [5, 5.41) is 13.3. The standard InChI is InChI=1S/C20H26N2O4/c1-11(2)20(18(25)26)14-13(15(21-20)12-9-7-6-8-10-12)16(23)22(17(14)24)19(3,4)5/h6-11,13-15,21H,1-5H3,(H,25,26). The molecule has 26 heavy (non-hydrogen) atoms. The van der Waals surface area contributed by atoms with Crippen LogP contribution >= 0.6 is 0 Å². The summed E-state index contributed by atoms with van der Waals surface area (Å²) in [5.74, 6) is -3.78. The number of hydrogen-bond donors (Lipinski definition) is 2. The van der Waals surface area contributed by atoms with Crippen molar-refractivity contribution in [2.45, 2.75) is 51.7 Å². The summed E-state index contributed by atoms with van der Waals surface area (Å²) >= 11 is 0. The van der Waals surface area contributed by atoms with E-state index in [9.17, 15) is 19.5 Å². The number of nitrogens with one attached hydrogen (secondary N) is 1. The smallest absolute Gasteiger partial charge is 0.325 e. The maximum absolute atomic E-state index is 13.2. The molecule has 2 N–H and O–H groups in total. The van der Waals surface area contributed by atoms with Crippen molar-refractivity contribution in [1.82, 2.24) is 10.2 Å². The first-order chi connectivity index (χ1) is 12.0. The Labute approximate surface area is 153 Å². The lowest BCUT2D eigenvalue weighted by atomic mass is 9.73. The zero-order chi connectivity index (χ0) is 19.4. The summed E-state index contributed by atoms with van der Waals surface area (Å²) in [6, 6.07) is 8.79. The Bertz CT molecular complexity index is 753. The van der Waals surface area contributed by atoms with Gasteiger partial charge in [0.1, 0.15) is 5.54 Å². The maximum Gasteiger partial charge on any atom is 0.325 e. The predicted molar refractivity (Wildman–Crippen MR) is 96.1 cm³/mol. The Morgan fingerprint density at radius 1 is 1.15 bits per heavy atom. The minimum atomic E-state index is -1.47. The second kappa shape index (κ2) is 5.91. The van der Waals surface area contributed by atoms with Crippen LogP contribution in [-0.2, 0) is 14.4 Å². The first-order valence-corrected chi connectivity index (χ1v) is 8.97. The second-order valence-corrected chi connectivity index (χ2v) is 8.55. The molecule has 6 nitrogen and oxygen atoms in total. The normalized spacial score (nSPS) is 31.6. The second-order valence-electron chi connectivity index (χ2n) is 8.55. The number of carbonyl (C=O) groups is 3. The van der Waals surface area contributed by atoms with Crippen LogP contribution in [-0.4, -0.2) is 38.9 Å². The molecule has 3 rings (SSSR count). The first-order valence-electron chi connectivity index (χ1n) is 8.97. The van der Waals surface area contributed by atoms with Crippen molar-refractivity contribution in [3.05, 3.63) is 35.9 Å². The van der Waals surface area contributed by atoms with Crippen molar-refractivity contribution in [3.8, 4) is 0 Å². The molecule has 140 valence electrons. The van der Waals surface area contributed by atoms with Gasteiger partial charge in [0.15, 0.2) is 0 Å². The summed E-state index contributed by atoms with van der Waals surface area (Å²) in [7, 11) is 0. The third-order valence-corrected chi connectivity index (χ3v) is 5.69. The molecular formula is C20H26N2O4. The molecule has 0 bridgehead atoms.